The zero-order chi connectivity index (χ0) is 14.8. The summed E-state index contributed by atoms with van der Waals surface area (Å²) in [6.45, 7) is 0.609. The van der Waals surface area contributed by atoms with E-state index in [0.29, 0.717) is 17.9 Å². The van der Waals surface area contributed by atoms with Crippen molar-refractivity contribution < 1.29 is 9.59 Å². The van der Waals surface area contributed by atoms with Gasteiger partial charge in [0.25, 0.3) is 0 Å². The largest absolute Gasteiger partial charge is 0.380 e. The van der Waals surface area contributed by atoms with E-state index in [1.807, 2.05) is 18.2 Å². The molecule has 4 N–H and O–H groups in total. The van der Waals surface area contributed by atoms with Crippen molar-refractivity contribution in [2.45, 2.75) is 11.4 Å². The number of benzene rings is 1. The lowest BCUT2D eigenvalue weighted by molar-refractivity contribution is -0.113. The van der Waals surface area contributed by atoms with Crippen LogP contribution < -0.4 is 16.4 Å². The summed E-state index contributed by atoms with van der Waals surface area (Å²) in [5.41, 5.74) is 7.52. The first-order chi connectivity index (χ1) is 10.1. The van der Waals surface area contributed by atoms with Gasteiger partial charge in [-0.1, -0.05) is 0 Å². The van der Waals surface area contributed by atoms with E-state index in [9.17, 15) is 9.59 Å². The summed E-state index contributed by atoms with van der Waals surface area (Å²) in [5, 5.41) is 7.89. The molecule has 1 aromatic heterocycles. The first kappa shape index (κ1) is 14.0. The quantitative estimate of drug-likeness (QED) is 0.808. The molecule has 21 heavy (non-hydrogen) atoms. The van der Waals surface area contributed by atoms with Crippen LogP contribution in [0.1, 0.15) is 15.2 Å². The molecule has 5 nitrogen and oxygen atoms in total. The maximum Gasteiger partial charge on any atom is 0.249 e. The van der Waals surface area contributed by atoms with Crippen LogP contribution in [-0.4, -0.2) is 17.6 Å². The van der Waals surface area contributed by atoms with Crippen LogP contribution in [-0.2, 0) is 11.3 Å². The van der Waals surface area contributed by atoms with E-state index >= 15 is 0 Å². The van der Waals surface area contributed by atoms with Crippen LogP contribution in [0.4, 0.5) is 11.4 Å². The molecule has 2 aromatic rings. The Morgan fingerprint density at radius 3 is 3.00 bits per heavy atom. The minimum Gasteiger partial charge on any atom is -0.380 e. The van der Waals surface area contributed by atoms with Crippen LogP contribution in [0.25, 0.3) is 0 Å². The lowest BCUT2D eigenvalue weighted by atomic mass is 10.2. The van der Waals surface area contributed by atoms with Crippen molar-refractivity contribution in [2.24, 2.45) is 5.73 Å². The van der Waals surface area contributed by atoms with Gasteiger partial charge >= 0.3 is 0 Å². The molecule has 0 unspecified atom stereocenters. The summed E-state index contributed by atoms with van der Waals surface area (Å²) >= 11 is 3.03. The van der Waals surface area contributed by atoms with Crippen molar-refractivity contribution in [1.82, 2.24) is 0 Å². The normalized spacial score (nSPS) is 13.4. The Kier molecular flexibility index (Phi) is 3.85. The third kappa shape index (κ3) is 3.20. The molecule has 0 saturated carbocycles. The lowest BCUT2D eigenvalue weighted by Crippen LogP contribution is -2.18. The second-order valence-electron chi connectivity index (χ2n) is 4.57. The van der Waals surface area contributed by atoms with Crippen LogP contribution in [0, 0.1) is 0 Å². The van der Waals surface area contributed by atoms with E-state index in [1.165, 1.54) is 23.1 Å². The molecule has 0 bridgehead atoms. The first-order valence-electron chi connectivity index (χ1n) is 6.29. The fraction of sp³-hybridized carbons (Fsp3) is 0.143. The molecule has 1 aromatic carbocycles. The van der Waals surface area contributed by atoms with E-state index in [4.69, 9.17) is 5.73 Å². The van der Waals surface area contributed by atoms with Gasteiger partial charge in [0.05, 0.1) is 17.0 Å². The number of hydrogen-bond donors (Lipinski definition) is 3. The standard InChI is InChI=1S/C14H13N3O2S2/c15-14(19)8-3-10(20-6-8)5-16-9-1-2-12-11(4-9)17-13(18)7-21-12/h1-4,6,16H,5,7H2,(H2,15,19)(H,17,18). The number of hydrogen-bond acceptors (Lipinski definition) is 5. The number of fused-ring (bicyclic) bond motifs is 1. The highest BCUT2D eigenvalue weighted by molar-refractivity contribution is 8.00. The number of thioether (sulfide) groups is 1. The number of amides is 2. The minimum absolute atomic E-state index is 0.0222. The fourth-order valence-corrected chi connectivity index (χ4v) is 3.59. The molecule has 0 aliphatic carbocycles. The molecule has 108 valence electrons. The SMILES string of the molecule is NC(=O)c1csc(CNc2ccc3c(c2)NC(=O)CS3)c1. The van der Waals surface area contributed by atoms with Gasteiger partial charge in [0.2, 0.25) is 11.8 Å². The number of primary amides is 1. The molecule has 2 heterocycles. The van der Waals surface area contributed by atoms with Crippen LogP contribution in [0.2, 0.25) is 0 Å². The summed E-state index contributed by atoms with van der Waals surface area (Å²) < 4.78 is 0. The van der Waals surface area contributed by atoms with Gasteiger partial charge in [-0.05, 0) is 24.3 Å². The van der Waals surface area contributed by atoms with Crippen LogP contribution in [0.5, 0.6) is 0 Å². The lowest BCUT2D eigenvalue weighted by Gasteiger charge is -2.17. The Morgan fingerprint density at radius 2 is 2.24 bits per heavy atom. The number of anilines is 2. The Hall–Kier alpha value is -1.99. The van der Waals surface area contributed by atoms with Gasteiger partial charge in [-0.3, -0.25) is 9.59 Å². The highest BCUT2D eigenvalue weighted by Gasteiger charge is 2.15. The van der Waals surface area contributed by atoms with E-state index < -0.39 is 5.91 Å². The van der Waals surface area contributed by atoms with E-state index in [0.717, 1.165) is 21.1 Å². The predicted octanol–water partition coefficient (Wildman–Crippen LogP) is 2.50. The summed E-state index contributed by atoms with van der Waals surface area (Å²) in [7, 11) is 0. The maximum atomic E-state index is 11.4. The second kappa shape index (κ2) is 5.79. The zero-order valence-electron chi connectivity index (χ0n) is 11.0. The van der Waals surface area contributed by atoms with Gasteiger partial charge in [0.1, 0.15) is 0 Å². The number of nitrogens with one attached hydrogen (secondary N) is 2. The van der Waals surface area contributed by atoms with Crippen molar-refractivity contribution in [3.05, 3.63) is 40.1 Å². The van der Waals surface area contributed by atoms with Gasteiger partial charge < -0.3 is 16.4 Å². The minimum atomic E-state index is -0.411. The van der Waals surface area contributed by atoms with Gasteiger partial charge in [-0.25, -0.2) is 0 Å². The molecule has 1 aliphatic heterocycles. The molecule has 7 heteroatoms. The Labute approximate surface area is 129 Å². The molecule has 3 rings (SSSR count). The summed E-state index contributed by atoms with van der Waals surface area (Å²) in [5.74, 6) is 0.0743. The van der Waals surface area contributed by atoms with Crippen molar-refractivity contribution in [2.75, 3.05) is 16.4 Å². The molecular formula is C14H13N3O2S2. The van der Waals surface area contributed by atoms with Crippen LogP contribution in [0.15, 0.2) is 34.5 Å². The highest BCUT2D eigenvalue weighted by atomic mass is 32.2. The summed E-state index contributed by atoms with van der Waals surface area (Å²) in [6, 6.07) is 7.68. The Bertz CT molecular complexity index is 712. The number of thiophene rings is 1. The van der Waals surface area contributed by atoms with Crippen molar-refractivity contribution in [3.63, 3.8) is 0 Å². The van der Waals surface area contributed by atoms with Crippen LogP contribution in [0.3, 0.4) is 0 Å². The van der Waals surface area contributed by atoms with E-state index in [-0.39, 0.29) is 5.91 Å². The topological polar surface area (TPSA) is 84.2 Å². The molecule has 0 saturated heterocycles. The predicted molar refractivity (Wildman–Crippen MR) is 86.0 cm³/mol. The number of carbonyl (C=O) groups is 2. The van der Waals surface area contributed by atoms with Gasteiger partial charge in [0, 0.05) is 27.4 Å². The second-order valence-corrected chi connectivity index (χ2v) is 6.58. The van der Waals surface area contributed by atoms with E-state index in [2.05, 4.69) is 10.6 Å². The number of nitrogens with two attached hydrogens (primary N) is 1. The molecule has 0 radical (unpaired) electrons. The molecule has 1 aliphatic rings. The Morgan fingerprint density at radius 1 is 1.38 bits per heavy atom. The van der Waals surface area contributed by atoms with Crippen molar-refractivity contribution in [1.29, 1.82) is 0 Å². The zero-order valence-corrected chi connectivity index (χ0v) is 12.6. The number of rotatable bonds is 4. The van der Waals surface area contributed by atoms with Crippen molar-refractivity contribution >= 4 is 46.3 Å². The van der Waals surface area contributed by atoms with Crippen molar-refractivity contribution in [3.8, 4) is 0 Å². The monoisotopic (exact) mass is 319 g/mol. The van der Waals surface area contributed by atoms with Gasteiger partial charge in [-0.2, -0.15) is 0 Å². The summed E-state index contributed by atoms with van der Waals surface area (Å²) in [6.07, 6.45) is 0. The van der Waals surface area contributed by atoms with Gasteiger partial charge in [0.15, 0.2) is 0 Å². The number of carbonyl (C=O) groups excluding carboxylic acids is 2. The van der Waals surface area contributed by atoms with Gasteiger partial charge in [-0.15, -0.1) is 23.1 Å². The molecule has 0 fully saturated rings. The molecule has 2 amide bonds. The average molecular weight is 319 g/mol. The van der Waals surface area contributed by atoms with E-state index in [1.54, 1.807) is 11.4 Å². The molecule has 0 spiro atoms. The average Bonchev–Trinajstić information content (AvgIpc) is 2.93. The molecule has 0 atom stereocenters. The highest BCUT2D eigenvalue weighted by Crippen LogP contribution is 2.33. The third-order valence-electron chi connectivity index (χ3n) is 3.02. The first-order valence-corrected chi connectivity index (χ1v) is 8.16. The molecular weight excluding hydrogens is 306 g/mol. The maximum absolute atomic E-state index is 11.4. The fourth-order valence-electron chi connectivity index (χ4n) is 1.98. The Balaban J connectivity index is 1.69. The van der Waals surface area contributed by atoms with Crippen LogP contribution >= 0.6 is 23.1 Å². The summed E-state index contributed by atoms with van der Waals surface area (Å²) in [4.78, 5) is 24.5. The third-order valence-corrected chi connectivity index (χ3v) is 5.03. The smallest absolute Gasteiger partial charge is 0.249 e.